The SMILES string of the molecule is Clc1ccc(N=NNc2ccc(Cl)cc2)cc1. The van der Waals surface area contributed by atoms with Gasteiger partial charge in [-0.1, -0.05) is 28.4 Å². The van der Waals surface area contributed by atoms with Crippen molar-refractivity contribution in [2.24, 2.45) is 10.3 Å². The van der Waals surface area contributed by atoms with Crippen molar-refractivity contribution in [1.29, 1.82) is 0 Å². The van der Waals surface area contributed by atoms with Crippen LogP contribution in [0.1, 0.15) is 0 Å². The molecule has 0 aliphatic rings. The molecule has 0 unspecified atom stereocenters. The van der Waals surface area contributed by atoms with Crippen LogP contribution in [0.3, 0.4) is 0 Å². The number of nitrogens with zero attached hydrogens (tertiary/aromatic N) is 2. The summed E-state index contributed by atoms with van der Waals surface area (Å²) >= 11 is 11.5. The number of halogens is 2. The van der Waals surface area contributed by atoms with Gasteiger partial charge in [0.1, 0.15) is 0 Å². The van der Waals surface area contributed by atoms with Crippen LogP contribution in [-0.2, 0) is 0 Å². The summed E-state index contributed by atoms with van der Waals surface area (Å²) in [5, 5.41) is 9.21. The first-order valence-electron chi connectivity index (χ1n) is 4.92. The average molecular weight is 266 g/mol. The molecule has 0 heterocycles. The molecule has 0 aliphatic heterocycles. The largest absolute Gasteiger partial charge is 0.260 e. The van der Waals surface area contributed by atoms with E-state index < -0.39 is 0 Å². The second-order valence-electron chi connectivity index (χ2n) is 3.30. The zero-order valence-electron chi connectivity index (χ0n) is 8.77. The van der Waals surface area contributed by atoms with E-state index in [-0.39, 0.29) is 0 Å². The Morgan fingerprint density at radius 1 is 0.765 bits per heavy atom. The van der Waals surface area contributed by atoms with Crippen LogP contribution in [0.5, 0.6) is 0 Å². The summed E-state index contributed by atoms with van der Waals surface area (Å²) in [4.78, 5) is 0. The van der Waals surface area contributed by atoms with E-state index >= 15 is 0 Å². The summed E-state index contributed by atoms with van der Waals surface area (Å²) in [6.07, 6.45) is 0. The van der Waals surface area contributed by atoms with E-state index in [1.807, 2.05) is 12.1 Å². The maximum atomic E-state index is 5.76. The summed E-state index contributed by atoms with van der Waals surface area (Å²) in [6, 6.07) is 14.3. The van der Waals surface area contributed by atoms with Gasteiger partial charge in [-0.3, -0.25) is 5.43 Å². The van der Waals surface area contributed by atoms with Crippen molar-refractivity contribution in [2.75, 3.05) is 5.43 Å². The minimum absolute atomic E-state index is 0.676. The van der Waals surface area contributed by atoms with Crippen molar-refractivity contribution in [3.05, 3.63) is 58.6 Å². The molecule has 5 heteroatoms. The van der Waals surface area contributed by atoms with E-state index in [1.165, 1.54) is 0 Å². The molecule has 2 rings (SSSR count). The Bertz CT molecular complexity index is 506. The van der Waals surface area contributed by atoms with Gasteiger partial charge in [-0.25, -0.2) is 0 Å². The first kappa shape index (κ1) is 11.9. The standard InChI is InChI=1S/C12H9Cl2N3/c13-9-1-5-11(6-2-9)15-17-16-12-7-3-10(14)4-8-12/h1-8H,(H,15,16). The number of hydrogen-bond donors (Lipinski definition) is 1. The van der Waals surface area contributed by atoms with Crippen LogP contribution in [0.2, 0.25) is 10.0 Å². The molecule has 0 amide bonds. The van der Waals surface area contributed by atoms with Gasteiger partial charge in [0.2, 0.25) is 0 Å². The van der Waals surface area contributed by atoms with Gasteiger partial charge in [-0.05, 0) is 48.5 Å². The smallest absolute Gasteiger partial charge is 0.0875 e. The highest BCUT2D eigenvalue weighted by Gasteiger charge is 1.91. The van der Waals surface area contributed by atoms with Crippen molar-refractivity contribution in [2.45, 2.75) is 0 Å². The minimum Gasteiger partial charge on any atom is -0.260 e. The van der Waals surface area contributed by atoms with Crippen LogP contribution in [0, 0.1) is 0 Å². The lowest BCUT2D eigenvalue weighted by Gasteiger charge is -1.98. The molecular weight excluding hydrogens is 257 g/mol. The van der Waals surface area contributed by atoms with E-state index in [4.69, 9.17) is 23.2 Å². The van der Waals surface area contributed by atoms with E-state index in [1.54, 1.807) is 36.4 Å². The number of anilines is 1. The van der Waals surface area contributed by atoms with Gasteiger partial charge in [-0.15, -0.1) is 5.11 Å². The lowest BCUT2D eigenvalue weighted by atomic mass is 10.3. The van der Waals surface area contributed by atoms with Crippen molar-refractivity contribution >= 4 is 34.6 Å². The highest BCUT2D eigenvalue weighted by atomic mass is 35.5. The van der Waals surface area contributed by atoms with Crippen LogP contribution in [0.15, 0.2) is 58.9 Å². The zero-order chi connectivity index (χ0) is 12.1. The molecule has 0 bridgehead atoms. The molecule has 3 nitrogen and oxygen atoms in total. The van der Waals surface area contributed by atoms with E-state index in [2.05, 4.69) is 15.8 Å². The van der Waals surface area contributed by atoms with E-state index in [0.717, 1.165) is 11.4 Å². The van der Waals surface area contributed by atoms with Crippen LogP contribution in [-0.4, -0.2) is 0 Å². The van der Waals surface area contributed by atoms with Gasteiger partial charge in [0, 0.05) is 10.0 Å². The average Bonchev–Trinajstić information content (AvgIpc) is 2.34. The maximum absolute atomic E-state index is 5.76. The highest BCUT2D eigenvalue weighted by Crippen LogP contribution is 2.17. The molecule has 0 spiro atoms. The first-order valence-corrected chi connectivity index (χ1v) is 5.67. The number of rotatable bonds is 3. The minimum atomic E-state index is 0.676. The van der Waals surface area contributed by atoms with E-state index in [9.17, 15) is 0 Å². The van der Waals surface area contributed by atoms with Crippen LogP contribution < -0.4 is 5.43 Å². The Hall–Kier alpha value is -1.58. The first-order chi connectivity index (χ1) is 8.24. The summed E-state index contributed by atoms with van der Waals surface area (Å²) in [5.74, 6) is 0. The monoisotopic (exact) mass is 265 g/mol. The molecular formula is C12H9Cl2N3. The topological polar surface area (TPSA) is 36.8 Å². The van der Waals surface area contributed by atoms with Gasteiger partial charge >= 0.3 is 0 Å². The fourth-order valence-electron chi connectivity index (χ4n) is 1.17. The summed E-state index contributed by atoms with van der Waals surface area (Å²) < 4.78 is 0. The summed E-state index contributed by atoms with van der Waals surface area (Å²) in [5.41, 5.74) is 4.36. The Morgan fingerprint density at radius 2 is 1.29 bits per heavy atom. The maximum Gasteiger partial charge on any atom is 0.0875 e. The molecule has 0 atom stereocenters. The molecule has 0 saturated carbocycles. The third-order valence-corrected chi connectivity index (χ3v) is 2.52. The Morgan fingerprint density at radius 3 is 1.88 bits per heavy atom. The number of benzene rings is 2. The normalized spacial score (nSPS) is 10.7. The quantitative estimate of drug-likeness (QED) is 0.608. The predicted molar refractivity (Wildman–Crippen MR) is 71.0 cm³/mol. The molecule has 17 heavy (non-hydrogen) atoms. The summed E-state index contributed by atoms with van der Waals surface area (Å²) in [6.45, 7) is 0. The second kappa shape index (κ2) is 5.66. The molecule has 0 aliphatic carbocycles. The highest BCUT2D eigenvalue weighted by molar-refractivity contribution is 6.30. The molecule has 2 aromatic carbocycles. The van der Waals surface area contributed by atoms with Crippen LogP contribution in [0.25, 0.3) is 0 Å². The number of nitrogens with one attached hydrogen (secondary N) is 1. The Balaban J connectivity index is 1.97. The van der Waals surface area contributed by atoms with Crippen molar-refractivity contribution in [3.8, 4) is 0 Å². The van der Waals surface area contributed by atoms with Crippen molar-refractivity contribution < 1.29 is 0 Å². The Kier molecular flexibility index (Phi) is 3.96. The lowest BCUT2D eigenvalue weighted by Crippen LogP contribution is -1.84. The van der Waals surface area contributed by atoms with Gasteiger partial charge in [0.15, 0.2) is 0 Å². The third-order valence-electron chi connectivity index (χ3n) is 2.02. The van der Waals surface area contributed by atoms with Crippen molar-refractivity contribution in [1.82, 2.24) is 0 Å². The molecule has 2 aromatic rings. The predicted octanol–water partition coefficient (Wildman–Crippen LogP) is 5.10. The molecule has 86 valence electrons. The van der Waals surface area contributed by atoms with E-state index in [0.29, 0.717) is 10.0 Å². The van der Waals surface area contributed by atoms with Gasteiger partial charge < -0.3 is 0 Å². The third kappa shape index (κ3) is 3.73. The molecule has 0 aromatic heterocycles. The fraction of sp³-hybridized carbons (Fsp3) is 0. The lowest BCUT2D eigenvalue weighted by molar-refractivity contribution is 1.13. The van der Waals surface area contributed by atoms with Gasteiger partial charge in [0.25, 0.3) is 0 Å². The van der Waals surface area contributed by atoms with Crippen molar-refractivity contribution in [3.63, 3.8) is 0 Å². The zero-order valence-corrected chi connectivity index (χ0v) is 10.3. The Labute approximate surface area is 109 Å². The van der Waals surface area contributed by atoms with Gasteiger partial charge in [-0.2, -0.15) is 0 Å². The number of hydrogen-bond acceptors (Lipinski definition) is 2. The molecule has 0 fully saturated rings. The summed E-state index contributed by atoms with van der Waals surface area (Å²) in [7, 11) is 0. The van der Waals surface area contributed by atoms with Gasteiger partial charge in [0.05, 0.1) is 11.4 Å². The fourth-order valence-corrected chi connectivity index (χ4v) is 1.42. The molecule has 1 N–H and O–H groups in total. The van der Waals surface area contributed by atoms with Crippen LogP contribution >= 0.6 is 23.2 Å². The van der Waals surface area contributed by atoms with Crippen LogP contribution in [0.4, 0.5) is 11.4 Å². The molecule has 0 saturated heterocycles. The second-order valence-corrected chi connectivity index (χ2v) is 4.17. The molecule has 0 radical (unpaired) electrons.